The highest BCUT2D eigenvalue weighted by Gasteiger charge is 2.61. The Balaban J connectivity index is 1.80. The fraction of sp³-hybridized carbons (Fsp3) is 0.167. The molecule has 0 bridgehead atoms. The predicted molar refractivity (Wildman–Crippen MR) is 87.2 cm³/mol. The zero-order valence-corrected chi connectivity index (χ0v) is 12.9. The Bertz CT molecular complexity index is 864. The summed E-state index contributed by atoms with van der Waals surface area (Å²) in [6.45, 7) is -0.133. The molecule has 1 unspecified atom stereocenters. The summed E-state index contributed by atoms with van der Waals surface area (Å²) in [5.41, 5.74) is -0.341. The molecule has 0 radical (unpaired) electrons. The van der Waals surface area contributed by atoms with E-state index < -0.39 is 23.4 Å². The summed E-state index contributed by atoms with van der Waals surface area (Å²) in [6, 6.07) is 15.7. The summed E-state index contributed by atoms with van der Waals surface area (Å²) in [6.07, 6.45) is -0.698. The van der Waals surface area contributed by atoms with Crippen LogP contribution in [0.1, 0.15) is 10.4 Å². The van der Waals surface area contributed by atoms with Crippen molar-refractivity contribution in [1.82, 2.24) is 0 Å². The highest BCUT2D eigenvalue weighted by atomic mass is 16.6. The van der Waals surface area contributed by atoms with Crippen LogP contribution < -0.4 is 9.80 Å². The van der Waals surface area contributed by atoms with Gasteiger partial charge in [-0.25, -0.2) is 4.79 Å². The molecule has 2 aliphatic rings. The van der Waals surface area contributed by atoms with E-state index in [1.165, 1.54) is 9.80 Å². The number of para-hydroxylation sites is 2. The second-order valence-electron chi connectivity index (χ2n) is 5.83. The van der Waals surface area contributed by atoms with Gasteiger partial charge in [-0.3, -0.25) is 14.5 Å². The van der Waals surface area contributed by atoms with Gasteiger partial charge in [0.25, 0.3) is 11.5 Å². The topological polar surface area (TPSA) is 66.9 Å². The first-order chi connectivity index (χ1) is 11.5. The number of rotatable bonds is 1. The molecular formula is C18H14N2O4. The van der Waals surface area contributed by atoms with Crippen molar-refractivity contribution in [3.63, 3.8) is 0 Å². The molecule has 1 atom stereocenters. The zero-order chi connectivity index (χ0) is 16.9. The minimum absolute atomic E-state index is 0.133. The van der Waals surface area contributed by atoms with Crippen molar-refractivity contribution in [3.8, 4) is 0 Å². The lowest BCUT2D eigenvalue weighted by atomic mass is 9.86. The minimum Gasteiger partial charge on any atom is -0.422 e. The average molecular weight is 322 g/mol. The molecule has 4 rings (SSSR count). The largest absolute Gasteiger partial charge is 0.422 e. The number of hydrogen-bond donors (Lipinski definition) is 0. The third-order valence-electron chi connectivity index (χ3n) is 4.46. The Morgan fingerprint density at radius 2 is 1.62 bits per heavy atom. The predicted octanol–water partition coefficient (Wildman–Crippen LogP) is 2.24. The monoisotopic (exact) mass is 322 g/mol. The van der Waals surface area contributed by atoms with Crippen molar-refractivity contribution in [2.75, 3.05) is 23.4 Å². The second-order valence-corrected chi connectivity index (χ2v) is 5.83. The molecule has 1 saturated heterocycles. The van der Waals surface area contributed by atoms with Crippen LogP contribution in [0.25, 0.3) is 0 Å². The van der Waals surface area contributed by atoms with E-state index in [2.05, 4.69) is 0 Å². The number of carbonyl (C=O) groups excluding carboxylic acids is 3. The van der Waals surface area contributed by atoms with Crippen LogP contribution in [0.3, 0.4) is 0 Å². The van der Waals surface area contributed by atoms with E-state index in [0.29, 0.717) is 16.9 Å². The number of amides is 2. The Morgan fingerprint density at radius 1 is 0.958 bits per heavy atom. The molecule has 24 heavy (non-hydrogen) atoms. The van der Waals surface area contributed by atoms with Crippen molar-refractivity contribution in [1.29, 1.82) is 0 Å². The van der Waals surface area contributed by atoms with Crippen LogP contribution in [0.4, 0.5) is 16.2 Å². The first-order valence-electron chi connectivity index (χ1n) is 7.52. The summed E-state index contributed by atoms with van der Waals surface area (Å²) in [5, 5.41) is 0. The SMILES string of the molecule is CN1C(=O)C2(CN(c3ccccc3)C(=O)O2)C(=O)c2ccccc21. The van der Waals surface area contributed by atoms with Gasteiger partial charge >= 0.3 is 6.09 Å². The highest BCUT2D eigenvalue weighted by Crippen LogP contribution is 2.38. The van der Waals surface area contributed by atoms with Crippen LogP contribution in [0.5, 0.6) is 0 Å². The highest BCUT2D eigenvalue weighted by molar-refractivity contribution is 6.29. The fourth-order valence-corrected chi connectivity index (χ4v) is 3.21. The number of carbonyl (C=O) groups is 3. The van der Waals surface area contributed by atoms with Crippen LogP contribution >= 0.6 is 0 Å². The Morgan fingerprint density at radius 3 is 2.38 bits per heavy atom. The molecule has 2 aromatic carbocycles. The molecule has 0 aromatic heterocycles. The summed E-state index contributed by atoms with van der Waals surface area (Å²) >= 11 is 0. The molecule has 0 N–H and O–H groups in total. The van der Waals surface area contributed by atoms with E-state index in [1.807, 2.05) is 6.07 Å². The van der Waals surface area contributed by atoms with Crippen LogP contribution in [-0.2, 0) is 9.53 Å². The molecule has 0 saturated carbocycles. The third-order valence-corrected chi connectivity index (χ3v) is 4.46. The molecule has 6 nitrogen and oxygen atoms in total. The molecule has 2 heterocycles. The maximum absolute atomic E-state index is 13.0. The Hall–Kier alpha value is -3.15. The van der Waals surface area contributed by atoms with Crippen LogP contribution in [-0.4, -0.2) is 37.0 Å². The molecule has 120 valence electrons. The lowest BCUT2D eigenvalue weighted by Gasteiger charge is -2.35. The summed E-state index contributed by atoms with van der Waals surface area (Å²) in [5.74, 6) is -1.01. The molecule has 6 heteroatoms. The van der Waals surface area contributed by atoms with E-state index in [-0.39, 0.29) is 6.54 Å². The molecule has 1 spiro atoms. The number of benzene rings is 2. The van der Waals surface area contributed by atoms with Gasteiger partial charge in [-0.2, -0.15) is 0 Å². The number of Topliss-reactive ketones (excluding diaryl/α,β-unsaturated/α-hetero) is 1. The molecule has 2 aliphatic heterocycles. The quantitative estimate of drug-likeness (QED) is 0.755. The normalized spacial score (nSPS) is 22.8. The third kappa shape index (κ3) is 1.79. The van der Waals surface area contributed by atoms with Gasteiger partial charge in [0.2, 0.25) is 5.78 Å². The van der Waals surface area contributed by atoms with Crippen molar-refractivity contribution < 1.29 is 19.1 Å². The fourth-order valence-electron chi connectivity index (χ4n) is 3.21. The number of fused-ring (bicyclic) bond motifs is 1. The lowest BCUT2D eigenvalue weighted by molar-refractivity contribution is -0.130. The van der Waals surface area contributed by atoms with Gasteiger partial charge in [0.15, 0.2) is 0 Å². The Labute approximate surface area is 138 Å². The first kappa shape index (κ1) is 14.4. The van der Waals surface area contributed by atoms with E-state index in [9.17, 15) is 14.4 Å². The van der Waals surface area contributed by atoms with E-state index in [1.54, 1.807) is 55.6 Å². The lowest BCUT2D eigenvalue weighted by Crippen LogP contribution is -2.59. The van der Waals surface area contributed by atoms with Crippen molar-refractivity contribution in [2.24, 2.45) is 0 Å². The van der Waals surface area contributed by atoms with E-state index in [0.717, 1.165) is 0 Å². The molecule has 2 aromatic rings. The van der Waals surface area contributed by atoms with Gasteiger partial charge in [-0.15, -0.1) is 0 Å². The summed E-state index contributed by atoms with van der Waals surface area (Å²) < 4.78 is 5.35. The van der Waals surface area contributed by atoms with Crippen molar-refractivity contribution in [3.05, 3.63) is 60.2 Å². The van der Waals surface area contributed by atoms with Crippen LogP contribution in [0, 0.1) is 0 Å². The van der Waals surface area contributed by atoms with Crippen LogP contribution in [0.15, 0.2) is 54.6 Å². The smallest absolute Gasteiger partial charge is 0.416 e. The summed E-state index contributed by atoms with van der Waals surface area (Å²) in [4.78, 5) is 40.8. The van der Waals surface area contributed by atoms with E-state index in [4.69, 9.17) is 4.74 Å². The van der Waals surface area contributed by atoms with Gasteiger partial charge in [-0.1, -0.05) is 30.3 Å². The first-order valence-corrected chi connectivity index (χ1v) is 7.52. The number of nitrogens with zero attached hydrogens (tertiary/aromatic N) is 2. The van der Waals surface area contributed by atoms with Gasteiger partial charge in [-0.05, 0) is 24.3 Å². The van der Waals surface area contributed by atoms with Gasteiger partial charge in [0.1, 0.15) is 0 Å². The van der Waals surface area contributed by atoms with Gasteiger partial charge < -0.3 is 9.64 Å². The standard InChI is InChI=1S/C18H14N2O4/c1-19-14-10-6-5-9-13(14)15(21)18(16(19)22)11-20(17(23)24-18)12-7-3-2-4-8-12/h2-10H,11H2,1H3. The molecule has 1 fully saturated rings. The Kier molecular flexibility index (Phi) is 2.96. The minimum atomic E-state index is -1.82. The van der Waals surface area contributed by atoms with E-state index >= 15 is 0 Å². The zero-order valence-electron chi connectivity index (χ0n) is 12.9. The number of hydrogen-bond acceptors (Lipinski definition) is 4. The van der Waals surface area contributed by atoms with Crippen molar-refractivity contribution in [2.45, 2.75) is 5.60 Å². The average Bonchev–Trinajstić information content (AvgIpc) is 2.98. The number of ether oxygens (including phenoxy) is 1. The number of ketones is 1. The van der Waals surface area contributed by atoms with Gasteiger partial charge in [0, 0.05) is 18.3 Å². The molecule has 0 aliphatic carbocycles. The molecular weight excluding hydrogens is 308 g/mol. The van der Waals surface area contributed by atoms with Crippen molar-refractivity contribution >= 4 is 29.2 Å². The van der Waals surface area contributed by atoms with Gasteiger partial charge in [0.05, 0.1) is 12.2 Å². The maximum atomic E-state index is 13.0. The maximum Gasteiger partial charge on any atom is 0.416 e. The second kappa shape index (κ2) is 4.92. The number of anilines is 2. The van der Waals surface area contributed by atoms with Crippen LogP contribution in [0.2, 0.25) is 0 Å². The number of likely N-dealkylation sites (N-methyl/N-ethyl adjacent to an activating group) is 1. The summed E-state index contributed by atoms with van der Waals surface area (Å²) in [7, 11) is 1.58. The molecule has 2 amide bonds.